The van der Waals surface area contributed by atoms with Crippen LogP contribution in [-0.4, -0.2) is 50.1 Å². The molecule has 27 heavy (non-hydrogen) atoms. The van der Waals surface area contributed by atoms with Crippen molar-refractivity contribution >= 4 is 35.9 Å². The van der Waals surface area contributed by atoms with Crippen LogP contribution in [0.5, 0.6) is 0 Å². The second-order valence-electron chi connectivity index (χ2n) is 6.55. The number of aliphatic imine (C=N–C) groups is 1. The summed E-state index contributed by atoms with van der Waals surface area (Å²) in [6.07, 6.45) is 1.44. The van der Waals surface area contributed by atoms with Crippen LogP contribution in [0.2, 0.25) is 0 Å². The number of likely N-dealkylation sites (tertiary alicyclic amines) is 1. The number of benzene rings is 1. The largest absolute Gasteiger partial charge is 0.469 e. The second kappa shape index (κ2) is 11.4. The van der Waals surface area contributed by atoms with Crippen LogP contribution in [0, 0.1) is 17.6 Å². The highest BCUT2D eigenvalue weighted by Crippen LogP contribution is 2.21. The maximum atomic E-state index is 13.9. The number of guanidine groups is 1. The number of carbonyl (C=O) groups is 1. The first-order chi connectivity index (χ1) is 12.5. The fourth-order valence-corrected chi connectivity index (χ4v) is 3.14. The number of carbonyl (C=O) groups excluding carboxylic acids is 1. The summed E-state index contributed by atoms with van der Waals surface area (Å²) in [7, 11) is 1.41. The van der Waals surface area contributed by atoms with Gasteiger partial charge in [-0.25, -0.2) is 8.78 Å². The molecule has 1 aliphatic heterocycles. The quantitative estimate of drug-likeness (QED) is 0.294. The van der Waals surface area contributed by atoms with Crippen molar-refractivity contribution in [1.29, 1.82) is 0 Å². The van der Waals surface area contributed by atoms with E-state index in [0.29, 0.717) is 25.2 Å². The van der Waals surface area contributed by atoms with Gasteiger partial charge in [-0.1, -0.05) is 13.0 Å². The summed E-state index contributed by atoms with van der Waals surface area (Å²) in [4.78, 5) is 18.4. The number of hydrogen-bond acceptors (Lipinski definition) is 3. The number of halogens is 3. The van der Waals surface area contributed by atoms with Gasteiger partial charge in [0.05, 0.1) is 13.0 Å². The van der Waals surface area contributed by atoms with Crippen molar-refractivity contribution in [3.05, 3.63) is 35.4 Å². The molecule has 1 atom stereocenters. The summed E-state index contributed by atoms with van der Waals surface area (Å²) in [6, 6.07) is 3.64. The number of esters is 1. The molecular formula is C19H28F2IN3O2. The molecule has 1 heterocycles. The Labute approximate surface area is 176 Å². The normalized spacial score (nSPS) is 16.5. The molecule has 1 aromatic carbocycles. The van der Waals surface area contributed by atoms with Crippen molar-refractivity contribution in [1.82, 2.24) is 10.2 Å². The Morgan fingerprint density at radius 2 is 2.04 bits per heavy atom. The van der Waals surface area contributed by atoms with E-state index in [2.05, 4.69) is 15.2 Å². The first-order valence-electron chi connectivity index (χ1n) is 9.02. The van der Waals surface area contributed by atoms with E-state index in [1.165, 1.54) is 19.2 Å². The topological polar surface area (TPSA) is 53.9 Å². The average Bonchev–Trinajstić information content (AvgIpc) is 2.64. The third-order valence-electron chi connectivity index (χ3n) is 4.67. The van der Waals surface area contributed by atoms with Crippen LogP contribution in [0.1, 0.15) is 38.2 Å². The molecule has 0 aliphatic carbocycles. The molecule has 1 saturated heterocycles. The third kappa shape index (κ3) is 6.58. The molecule has 0 aromatic heterocycles. The van der Waals surface area contributed by atoms with Crippen LogP contribution < -0.4 is 5.32 Å². The van der Waals surface area contributed by atoms with E-state index in [-0.39, 0.29) is 41.8 Å². The summed E-state index contributed by atoms with van der Waals surface area (Å²) in [5.74, 6) is -0.763. The van der Waals surface area contributed by atoms with E-state index in [4.69, 9.17) is 4.74 Å². The zero-order valence-corrected chi connectivity index (χ0v) is 18.3. The fraction of sp³-hybridized carbons (Fsp3) is 0.579. The van der Waals surface area contributed by atoms with Crippen LogP contribution in [0.4, 0.5) is 8.78 Å². The Hall–Kier alpha value is -1.45. The predicted molar refractivity (Wildman–Crippen MR) is 112 cm³/mol. The Morgan fingerprint density at radius 3 is 2.59 bits per heavy atom. The van der Waals surface area contributed by atoms with Crippen molar-refractivity contribution in [3.63, 3.8) is 0 Å². The average molecular weight is 495 g/mol. The third-order valence-corrected chi connectivity index (χ3v) is 4.67. The molecule has 1 unspecified atom stereocenters. The van der Waals surface area contributed by atoms with E-state index in [0.717, 1.165) is 31.4 Å². The van der Waals surface area contributed by atoms with E-state index in [9.17, 15) is 13.6 Å². The molecule has 1 aromatic rings. The molecule has 0 saturated carbocycles. The van der Waals surface area contributed by atoms with E-state index < -0.39 is 11.6 Å². The van der Waals surface area contributed by atoms with Crippen molar-refractivity contribution in [3.8, 4) is 0 Å². The Balaban J connectivity index is 0.00000364. The van der Waals surface area contributed by atoms with Crippen molar-refractivity contribution in [2.24, 2.45) is 10.9 Å². The van der Waals surface area contributed by atoms with Crippen molar-refractivity contribution < 1.29 is 18.3 Å². The minimum absolute atomic E-state index is 0. The molecule has 8 heteroatoms. The van der Waals surface area contributed by atoms with E-state index >= 15 is 0 Å². The van der Waals surface area contributed by atoms with Crippen LogP contribution in [0.3, 0.4) is 0 Å². The number of nitrogens with zero attached hydrogens (tertiary/aromatic N) is 2. The van der Waals surface area contributed by atoms with Gasteiger partial charge >= 0.3 is 5.97 Å². The monoisotopic (exact) mass is 495 g/mol. The van der Waals surface area contributed by atoms with E-state index in [1.807, 2.05) is 13.8 Å². The van der Waals surface area contributed by atoms with Gasteiger partial charge in [-0.3, -0.25) is 9.79 Å². The number of piperidine rings is 1. The summed E-state index contributed by atoms with van der Waals surface area (Å²) < 4.78 is 31.8. The number of methoxy groups -OCH3 is 1. The van der Waals surface area contributed by atoms with Gasteiger partial charge in [0, 0.05) is 38.2 Å². The van der Waals surface area contributed by atoms with Gasteiger partial charge in [0.2, 0.25) is 0 Å². The summed E-state index contributed by atoms with van der Waals surface area (Å²) in [5.41, 5.74) is 0.454. The number of nitrogens with one attached hydrogen (secondary N) is 1. The van der Waals surface area contributed by atoms with Crippen LogP contribution in [0.25, 0.3) is 0 Å². The lowest BCUT2D eigenvalue weighted by Crippen LogP contribution is -2.46. The zero-order chi connectivity index (χ0) is 19.1. The first-order valence-corrected chi connectivity index (χ1v) is 9.02. The summed E-state index contributed by atoms with van der Waals surface area (Å²) in [6.45, 7) is 6.39. The number of hydrogen-bond donors (Lipinski definition) is 1. The summed E-state index contributed by atoms with van der Waals surface area (Å²) >= 11 is 0. The molecule has 1 fully saturated rings. The van der Waals surface area contributed by atoms with E-state index in [1.54, 1.807) is 0 Å². The highest BCUT2D eigenvalue weighted by molar-refractivity contribution is 14.0. The molecule has 0 amide bonds. The van der Waals surface area contributed by atoms with Crippen LogP contribution in [0.15, 0.2) is 23.2 Å². The minimum atomic E-state index is -0.580. The van der Waals surface area contributed by atoms with Gasteiger partial charge < -0.3 is 15.0 Å². The lowest BCUT2D eigenvalue weighted by molar-refractivity contribution is -0.146. The lowest BCUT2D eigenvalue weighted by Gasteiger charge is -2.33. The number of ether oxygens (including phenoxy) is 1. The number of rotatable bonds is 5. The minimum Gasteiger partial charge on any atom is -0.469 e. The van der Waals surface area contributed by atoms with Crippen LogP contribution in [-0.2, 0) is 9.53 Å². The SMILES string of the molecule is CCNC(=NCC(C)c1ccc(F)cc1F)N1CCC(C(=O)OC)CC1.I. The fourth-order valence-electron chi connectivity index (χ4n) is 3.14. The molecule has 0 bridgehead atoms. The molecule has 0 radical (unpaired) electrons. The lowest BCUT2D eigenvalue weighted by atomic mass is 9.97. The highest BCUT2D eigenvalue weighted by atomic mass is 127. The van der Waals surface area contributed by atoms with Crippen LogP contribution >= 0.6 is 24.0 Å². The molecule has 1 N–H and O–H groups in total. The molecular weight excluding hydrogens is 467 g/mol. The molecule has 5 nitrogen and oxygen atoms in total. The maximum Gasteiger partial charge on any atom is 0.308 e. The predicted octanol–water partition coefficient (Wildman–Crippen LogP) is 3.54. The van der Waals surface area contributed by atoms with Gasteiger partial charge in [0.15, 0.2) is 5.96 Å². The van der Waals surface area contributed by atoms with Crippen molar-refractivity contribution in [2.45, 2.75) is 32.6 Å². The van der Waals surface area contributed by atoms with Gasteiger partial charge in [-0.15, -0.1) is 24.0 Å². The molecule has 0 spiro atoms. The Bertz CT molecular complexity index is 650. The molecule has 2 rings (SSSR count). The summed E-state index contributed by atoms with van der Waals surface area (Å²) in [5, 5.41) is 3.25. The molecule has 152 valence electrons. The van der Waals surface area contributed by atoms with Gasteiger partial charge in [0.25, 0.3) is 0 Å². The van der Waals surface area contributed by atoms with Gasteiger partial charge in [0.1, 0.15) is 11.6 Å². The molecule has 1 aliphatic rings. The van der Waals surface area contributed by atoms with Gasteiger partial charge in [-0.2, -0.15) is 0 Å². The van der Waals surface area contributed by atoms with Gasteiger partial charge in [-0.05, 0) is 31.4 Å². The highest BCUT2D eigenvalue weighted by Gasteiger charge is 2.27. The Morgan fingerprint density at radius 1 is 1.37 bits per heavy atom. The second-order valence-corrected chi connectivity index (χ2v) is 6.55. The standard InChI is InChI=1S/C19H27F2N3O2.HI/c1-4-22-19(24-9-7-14(8-10-24)18(25)26-3)23-12-13(2)16-6-5-15(20)11-17(16)21;/h5-6,11,13-14H,4,7-10,12H2,1-3H3,(H,22,23);1H. The first kappa shape index (κ1) is 23.6. The zero-order valence-electron chi connectivity index (χ0n) is 16.0. The Kier molecular flexibility index (Phi) is 9.97. The van der Waals surface area contributed by atoms with Crippen molar-refractivity contribution in [2.75, 3.05) is 33.3 Å². The maximum absolute atomic E-state index is 13.9. The smallest absolute Gasteiger partial charge is 0.308 e.